The molecule has 1 saturated heterocycles. The van der Waals surface area contributed by atoms with Gasteiger partial charge in [-0.25, -0.2) is 9.59 Å². The molecule has 0 spiro atoms. The second-order valence-corrected chi connectivity index (χ2v) is 9.88. The molecule has 1 fully saturated rings. The summed E-state index contributed by atoms with van der Waals surface area (Å²) >= 11 is 1.33. The zero-order valence-electron chi connectivity index (χ0n) is 19.8. The van der Waals surface area contributed by atoms with Gasteiger partial charge in [-0.1, -0.05) is 5.21 Å². The molecular formula is C21H27N5O8S. The second-order valence-electron chi connectivity index (χ2n) is 8.78. The van der Waals surface area contributed by atoms with Crippen LogP contribution in [0.4, 0.5) is 4.79 Å². The number of amides is 2. The largest absolute Gasteiger partial charge is 0.461 e. The number of hydrogen-bond acceptors (Lipinski definition) is 11. The molecule has 2 aliphatic rings. The highest BCUT2D eigenvalue weighted by Crippen LogP contribution is 2.40. The molecule has 3 rings (SSSR count). The highest BCUT2D eigenvalue weighted by atomic mass is 32.2. The molecule has 0 radical (unpaired) electrons. The molecule has 0 bridgehead atoms. The Labute approximate surface area is 205 Å². The lowest BCUT2D eigenvalue weighted by Gasteiger charge is -2.49. The van der Waals surface area contributed by atoms with Crippen molar-refractivity contribution < 1.29 is 38.2 Å². The highest BCUT2D eigenvalue weighted by Gasteiger charge is 2.54. The highest BCUT2D eigenvalue weighted by molar-refractivity contribution is 8.00. The minimum absolute atomic E-state index is 0.00577. The van der Waals surface area contributed by atoms with Crippen molar-refractivity contribution in [2.24, 2.45) is 0 Å². The summed E-state index contributed by atoms with van der Waals surface area (Å²) in [6.45, 7) is 6.57. The summed E-state index contributed by atoms with van der Waals surface area (Å²) < 4.78 is 17.1. The van der Waals surface area contributed by atoms with Gasteiger partial charge >= 0.3 is 18.0 Å². The van der Waals surface area contributed by atoms with Crippen molar-refractivity contribution >= 4 is 42.0 Å². The van der Waals surface area contributed by atoms with E-state index in [1.54, 1.807) is 20.8 Å². The molecule has 2 atom stereocenters. The summed E-state index contributed by atoms with van der Waals surface area (Å²) in [5, 5.41) is 9.45. The Morgan fingerprint density at radius 3 is 2.66 bits per heavy atom. The van der Waals surface area contributed by atoms with Gasteiger partial charge in [-0.3, -0.25) is 24.0 Å². The number of ether oxygens (including phenoxy) is 3. The van der Waals surface area contributed by atoms with Crippen LogP contribution in [0.3, 0.4) is 0 Å². The van der Waals surface area contributed by atoms with Crippen LogP contribution in [0.1, 0.15) is 44.6 Å². The molecule has 14 heteroatoms. The molecule has 2 unspecified atom stereocenters. The molecule has 2 aliphatic heterocycles. The van der Waals surface area contributed by atoms with E-state index in [0.717, 1.165) is 0 Å². The van der Waals surface area contributed by atoms with Crippen LogP contribution < -0.4 is 5.32 Å². The third-order valence-electron chi connectivity index (χ3n) is 4.80. The molecule has 13 nitrogen and oxygen atoms in total. The first kappa shape index (κ1) is 26.2. The quantitative estimate of drug-likeness (QED) is 0.164. The summed E-state index contributed by atoms with van der Waals surface area (Å²) in [6, 6.07) is -0.868. The molecule has 0 aliphatic carbocycles. The summed E-state index contributed by atoms with van der Waals surface area (Å²) in [4.78, 5) is 61.2. The third-order valence-corrected chi connectivity index (χ3v) is 6.14. The van der Waals surface area contributed by atoms with Crippen LogP contribution in [0.2, 0.25) is 0 Å². The van der Waals surface area contributed by atoms with Gasteiger partial charge in [0.1, 0.15) is 35.0 Å². The monoisotopic (exact) mass is 509 g/mol. The molecule has 190 valence electrons. The van der Waals surface area contributed by atoms with E-state index in [0.29, 0.717) is 30.6 Å². The maximum atomic E-state index is 13.0. The predicted molar refractivity (Wildman–Crippen MR) is 121 cm³/mol. The number of β-lactam (4-membered cyclic amide) rings is 1. The fourth-order valence-electron chi connectivity index (χ4n) is 3.34. The smallest absolute Gasteiger partial charge is 0.408 e. The van der Waals surface area contributed by atoms with Crippen LogP contribution in [0.5, 0.6) is 0 Å². The van der Waals surface area contributed by atoms with Gasteiger partial charge in [0.25, 0.3) is 5.91 Å². The van der Waals surface area contributed by atoms with Crippen LogP contribution >= 0.6 is 11.8 Å². The number of alkyl carbamates (subject to hydrolysis) is 1. The van der Waals surface area contributed by atoms with E-state index in [2.05, 4.69) is 15.6 Å². The van der Waals surface area contributed by atoms with E-state index in [1.807, 2.05) is 0 Å². The topological polar surface area (TPSA) is 159 Å². The average molecular weight is 510 g/mol. The fraction of sp³-hybridized carbons (Fsp3) is 0.571. The van der Waals surface area contributed by atoms with Crippen LogP contribution in [0, 0.1) is 0 Å². The molecular weight excluding hydrogens is 482 g/mol. The fourth-order valence-corrected chi connectivity index (χ4v) is 4.67. The van der Waals surface area contributed by atoms with Crippen LogP contribution in [-0.4, -0.2) is 86.1 Å². The molecule has 2 amide bonds. The van der Waals surface area contributed by atoms with Gasteiger partial charge in [0.15, 0.2) is 6.29 Å². The Morgan fingerprint density at radius 2 is 2.03 bits per heavy atom. The number of carbonyl (C=O) groups is 5. The molecule has 0 saturated carbocycles. The van der Waals surface area contributed by atoms with Gasteiger partial charge in [-0.15, -0.1) is 16.9 Å². The summed E-state index contributed by atoms with van der Waals surface area (Å²) in [6.07, 6.45) is 1.69. The van der Waals surface area contributed by atoms with Crippen molar-refractivity contribution in [3.8, 4) is 0 Å². The van der Waals surface area contributed by atoms with E-state index in [1.165, 1.54) is 34.5 Å². The minimum Gasteiger partial charge on any atom is -0.461 e. The Balaban J connectivity index is 1.65. The normalized spacial score (nSPS) is 19.4. The van der Waals surface area contributed by atoms with E-state index >= 15 is 0 Å². The number of rotatable bonds is 9. The number of fused-ring (bicyclic) bond motifs is 1. The number of aromatic nitrogens is 3. The van der Waals surface area contributed by atoms with Crippen molar-refractivity contribution in [3.05, 3.63) is 23.2 Å². The number of aryl methyl sites for hydroxylation is 1. The van der Waals surface area contributed by atoms with Crippen molar-refractivity contribution in [1.29, 1.82) is 0 Å². The van der Waals surface area contributed by atoms with E-state index in [-0.39, 0.29) is 24.6 Å². The standard InChI is InChI=1S/C21H27N5O8S/c1-12(28)33-10-13-11-35-18-15(22-20(31)34-21(2,3)4)17(29)26(18)16(13)19(30)32-7-5-6-25-8-14(9-27)23-24-25/h8-9,15,18H,5-7,10-11H2,1-4H3,(H,22,31). The zero-order chi connectivity index (χ0) is 25.8. The van der Waals surface area contributed by atoms with Gasteiger partial charge < -0.3 is 19.5 Å². The summed E-state index contributed by atoms with van der Waals surface area (Å²) in [5.74, 6) is -1.47. The van der Waals surface area contributed by atoms with Crippen molar-refractivity contribution in [2.75, 3.05) is 19.0 Å². The van der Waals surface area contributed by atoms with E-state index < -0.39 is 41.0 Å². The molecule has 1 aromatic rings. The van der Waals surface area contributed by atoms with Crippen molar-refractivity contribution in [3.63, 3.8) is 0 Å². The van der Waals surface area contributed by atoms with Crippen molar-refractivity contribution in [1.82, 2.24) is 25.2 Å². The minimum atomic E-state index is -0.868. The average Bonchev–Trinajstić information content (AvgIpc) is 3.24. The maximum Gasteiger partial charge on any atom is 0.408 e. The number of carbonyl (C=O) groups excluding carboxylic acids is 5. The number of aldehydes is 1. The number of nitrogens with one attached hydrogen (secondary N) is 1. The number of nitrogens with zero attached hydrogens (tertiary/aromatic N) is 4. The van der Waals surface area contributed by atoms with Gasteiger partial charge in [0.2, 0.25) is 0 Å². The first-order valence-electron chi connectivity index (χ1n) is 10.8. The molecule has 3 heterocycles. The van der Waals surface area contributed by atoms with Gasteiger partial charge in [-0.05, 0) is 20.8 Å². The lowest BCUT2D eigenvalue weighted by molar-refractivity contribution is -0.152. The Kier molecular flexibility index (Phi) is 8.14. The third kappa shape index (κ3) is 6.59. The summed E-state index contributed by atoms with van der Waals surface area (Å²) in [5.41, 5.74) is -0.101. The predicted octanol–water partition coefficient (Wildman–Crippen LogP) is 0.650. The lowest BCUT2D eigenvalue weighted by Crippen LogP contribution is -2.70. The molecule has 35 heavy (non-hydrogen) atoms. The molecule has 1 N–H and O–H groups in total. The van der Waals surface area contributed by atoms with Gasteiger partial charge in [0, 0.05) is 31.2 Å². The second kappa shape index (κ2) is 10.9. The Morgan fingerprint density at radius 1 is 1.29 bits per heavy atom. The zero-order valence-corrected chi connectivity index (χ0v) is 20.6. The van der Waals surface area contributed by atoms with E-state index in [9.17, 15) is 24.0 Å². The van der Waals surface area contributed by atoms with Crippen LogP contribution in [0.25, 0.3) is 0 Å². The first-order chi connectivity index (χ1) is 16.5. The SMILES string of the molecule is CC(=O)OCC1=C(C(=O)OCCCn2cc(C=O)nn2)N2C(=O)C(NC(=O)OC(C)(C)C)C2SC1. The number of hydrogen-bond donors (Lipinski definition) is 1. The lowest BCUT2D eigenvalue weighted by atomic mass is 10.0. The van der Waals surface area contributed by atoms with Crippen molar-refractivity contribution in [2.45, 2.75) is 57.7 Å². The Bertz CT molecular complexity index is 1050. The maximum absolute atomic E-state index is 13.0. The summed E-state index contributed by atoms with van der Waals surface area (Å²) in [7, 11) is 0. The molecule has 1 aromatic heterocycles. The van der Waals surface area contributed by atoms with E-state index in [4.69, 9.17) is 14.2 Å². The van der Waals surface area contributed by atoms with Gasteiger partial charge in [-0.2, -0.15) is 0 Å². The Hall–Kier alpha value is -3.42. The number of esters is 2. The number of thioether (sulfide) groups is 1. The first-order valence-corrected chi connectivity index (χ1v) is 11.9. The molecule has 0 aromatic carbocycles. The van der Waals surface area contributed by atoms with Crippen LogP contribution in [0.15, 0.2) is 17.5 Å². The van der Waals surface area contributed by atoms with Crippen LogP contribution in [-0.2, 0) is 35.1 Å². The van der Waals surface area contributed by atoms with Gasteiger partial charge in [0.05, 0.1) is 12.8 Å².